The zero-order chi connectivity index (χ0) is 20.7. The largest absolute Gasteiger partial charge is 0.390 e. The zero-order valence-electron chi connectivity index (χ0n) is 16.7. The maximum atomic E-state index is 13.1. The van der Waals surface area contributed by atoms with Crippen molar-refractivity contribution in [2.45, 2.75) is 56.8 Å². The molecule has 0 aliphatic heterocycles. The Labute approximate surface area is 167 Å². The topological polar surface area (TPSA) is 92.9 Å². The first-order valence-electron chi connectivity index (χ1n) is 9.47. The molecule has 7 heteroatoms. The van der Waals surface area contributed by atoms with Crippen LogP contribution in [0.2, 0.25) is 0 Å². The van der Waals surface area contributed by atoms with Crippen molar-refractivity contribution in [2.75, 3.05) is 6.54 Å². The highest BCUT2D eigenvalue weighted by molar-refractivity contribution is 7.89. The highest BCUT2D eigenvalue weighted by atomic mass is 32.2. The lowest BCUT2D eigenvalue weighted by molar-refractivity contribution is -0.141. The molecule has 0 saturated heterocycles. The number of nitrogens with zero attached hydrogens (tertiary/aromatic N) is 1. The maximum absolute atomic E-state index is 13.1. The van der Waals surface area contributed by atoms with E-state index in [0.29, 0.717) is 12.8 Å². The molecule has 2 rings (SSSR count). The lowest BCUT2D eigenvalue weighted by Crippen LogP contribution is -2.47. The van der Waals surface area contributed by atoms with E-state index in [1.807, 2.05) is 44.2 Å². The van der Waals surface area contributed by atoms with Crippen molar-refractivity contribution >= 4 is 10.0 Å². The van der Waals surface area contributed by atoms with Gasteiger partial charge < -0.3 is 10.8 Å². The van der Waals surface area contributed by atoms with E-state index in [1.54, 1.807) is 19.1 Å². The monoisotopic (exact) mass is 406 g/mol. The van der Waals surface area contributed by atoms with E-state index in [2.05, 4.69) is 0 Å². The summed E-state index contributed by atoms with van der Waals surface area (Å²) < 4.78 is 27.0. The molecule has 0 spiro atoms. The van der Waals surface area contributed by atoms with Gasteiger partial charge in [-0.05, 0) is 44.4 Å². The van der Waals surface area contributed by atoms with Crippen LogP contribution in [0.5, 0.6) is 0 Å². The number of sulfonamides is 1. The molecule has 28 heavy (non-hydrogen) atoms. The number of nitrogens with two attached hydrogens (primary N) is 1. The summed E-state index contributed by atoms with van der Waals surface area (Å²) in [5.74, 6) is 0. The van der Waals surface area contributed by atoms with E-state index in [-0.39, 0.29) is 17.5 Å². The number of hydrogen-bond donors (Lipinski definition) is 2. The van der Waals surface area contributed by atoms with Gasteiger partial charge in [0.1, 0.15) is 0 Å². The van der Waals surface area contributed by atoms with Crippen LogP contribution < -0.4 is 5.73 Å². The third kappa shape index (κ3) is 6.12. The van der Waals surface area contributed by atoms with Crippen molar-refractivity contribution in [2.24, 2.45) is 5.73 Å². The normalized spacial score (nSPS) is 15.4. The zero-order valence-corrected chi connectivity index (χ0v) is 17.5. The summed E-state index contributed by atoms with van der Waals surface area (Å²) in [6.45, 7) is 5.33. The van der Waals surface area contributed by atoms with Crippen LogP contribution in [0.3, 0.4) is 0 Å². The molecule has 6 nitrogen and oxygen atoms in total. The number of hydroxylamine groups is 1. The van der Waals surface area contributed by atoms with E-state index >= 15 is 0 Å². The molecule has 0 heterocycles. The van der Waals surface area contributed by atoms with Gasteiger partial charge in [-0.15, -0.1) is 0 Å². The van der Waals surface area contributed by atoms with Crippen molar-refractivity contribution in [1.29, 1.82) is 0 Å². The van der Waals surface area contributed by atoms with Gasteiger partial charge in [0.05, 0.1) is 23.6 Å². The Bertz CT molecular complexity index is 825. The summed E-state index contributed by atoms with van der Waals surface area (Å²) >= 11 is 0. The average molecular weight is 407 g/mol. The molecule has 1 unspecified atom stereocenters. The molecule has 3 N–H and O–H groups in total. The predicted molar refractivity (Wildman–Crippen MR) is 110 cm³/mol. The third-order valence-corrected chi connectivity index (χ3v) is 6.24. The Hall–Kier alpha value is -1.77. The number of hydrogen-bond acceptors (Lipinski definition) is 5. The van der Waals surface area contributed by atoms with Crippen LogP contribution >= 0.6 is 0 Å². The summed E-state index contributed by atoms with van der Waals surface area (Å²) in [5.41, 5.74) is 8.07. The summed E-state index contributed by atoms with van der Waals surface area (Å²) in [4.78, 5) is 5.77. The lowest BCUT2D eigenvalue weighted by atomic mass is 10.0. The minimum Gasteiger partial charge on any atom is -0.390 e. The van der Waals surface area contributed by atoms with Gasteiger partial charge >= 0.3 is 0 Å². The molecule has 0 fully saturated rings. The first-order chi connectivity index (χ1) is 13.2. The summed E-state index contributed by atoms with van der Waals surface area (Å²) in [5, 5.41) is 10.6. The Morgan fingerprint density at radius 1 is 1.11 bits per heavy atom. The minimum atomic E-state index is -3.93. The van der Waals surface area contributed by atoms with Crippen molar-refractivity contribution < 1.29 is 18.4 Å². The molecule has 0 aliphatic rings. The predicted octanol–water partition coefficient (Wildman–Crippen LogP) is 2.65. The molecule has 0 aromatic heterocycles. The van der Waals surface area contributed by atoms with Crippen molar-refractivity contribution in [1.82, 2.24) is 4.47 Å². The molecule has 3 atom stereocenters. The van der Waals surface area contributed by atoms with Crippen LogP contribution in [-0.4, -0.2) is 42.8 Å². The fourth-order valence-electron chi connectivity index (χ4n) is 2.61. The fourth-order valence-corrected chi connectivity index (χ4v) is 3.94. The van der Waals surface area contributed by atoms with Crippen molar-refractivity contribution in [3.63, 3.8) is 0 Å². The molecule has 0 amide bonds. The molecular weight excluding hydrogens is 376 g/mol. The minimum absolute atomic E-state index is 0.116. The smallest absolute Gasteiger partial charge is 0.265 e. The van der Waals surface area contributed by atoms with Gasteiger partial charge in [-0.1, -0.05) is 59.4 Å². The van der Waals surface area contributed by atoms with Gasteiger partial charge in [-0.25, -0.2) is 8.42 Å². The Balaban J connectivity index is 2.18. The second kappa shape index (κ2) is 10.1. The van der Waals surface area contributed by atoms with Gasteiger partial charge in [0.15, 0.2) is 0 Å². The first kappa shape index (κ1) is 22.5. The van der Waals surface area contributed by atoms with Gasteiger partial charge in [0.2, 0.25) is 0 Å². The Kier molecular flexibility index (Phi) is 8.15. The van der Waals surface area contributed by atoms with E-state index in [4.69, 9.17) is 10.6 Å². The van der Waals surface area contributed by atoms with Crippen molar-refractivity contribution in [3.05, 3.63) is 65.7 Å². The summed E-state index contributed by atoms with van der Waals surface area (Å²) in [6, 6.07) is 15.4. The maximum Gasteiger partial charge on any atom is 0.265 e. The average Bonchev–Trinajstić information content (AvgIpc) is 2.68. The number of rotatable bonds is 10. The highest BCUT2D eigenvalue weighted by Gasteiger charge is 2.31. The van der Waals surface area contributed by atoms with Crippen LogP contribution in [0.25, 0.3) is 0 Å². The fraction of sp³-hybridized carbons (Fsp3) is 0.429. The Morgan fingerprint density at radius 3 is 2.29 bits per heavy atom. The second-order valence-electron chi connectivity index (χ2n) is 7.05. The highest BCUT2D eigenvalue weighted by Crippen LogP contribution is 2.20. The van der Waals surface area contributed by atoms with Crippen molar-refractivity contribution in [3.8, 4) is 0 Å². The molecule has 0 saturated carbocycles. The second-order valence-corrected chi connectivity index (χ2v) is 8.88. The molecule has 154 valence electrons. The van der Waals surface area contributed by atoms with Gasteiger partial charge in [-0.3, -0.25) is 4.84 Å². The number of aliphatic hydroxyl groups is 1. The van der Waals surface area contributed by atoms with Crippen LogP contribution in [0.15, 0.2) is 59.5 Å². The van der Waals surface area contributed by atoms with Crippen LogP contribution in [0, 0.1) is 6.92 Å². The molecule has 0 bridgehead atoms. The molecule has 2 aromatic carbocycles. The van der Waals surface area contributed by atoms with Crippen LogP contribution in [-0.2, 0) is 21.3 Å². The summed E-state index contributed by atoms with van der Waals surface area (Å²) in [6.07, 6.45) is -0.335. The van der Waals surface area contributed by atoms with Gasteiger partial charge in [0.25, 0.3) is 10.0 Å². The summed E-state index contributed by atoms with van der Waals surface area (Å²) in [7, 11) is -3.93. The number of benzene rings is 2. The molecule has 0 aliphatic carbocycles. The Morgan fingerprint density at radius 2 is 1.71 bits per heavy atom. The van der Waals surface area contributed by atoms with Crippen LogP contribution in [0.4, 0.5) is 0 Å². The third-order valence-electron chi connectivity index (χ3n) is 4.60. The van der Waals surface area contributed by atoms with Crippen LogP contribution in [0.1, 0.15) is 31.4 Å². The lowest BCUT2D eigenvalue weighted by Gasteiger charge is -2.28. The first-order valence-corrected chi connectivity index (χ1v) is 10.9. The quantitative estimate of drug-likeness (QED) is 0.592. The SMILES string of the molecule is CCC(C)ON(C[C@@H](O)[C@@H](N)Cc1ccccc1)S(=O)(=O)c1ccc(C)cc1. The van der Waals surface area contributed by atoms with E-state index in [0.717, 1.165) is 15.6 Å². The molecule has 0 radical (unpaired) electrons. The van der Waals surface area contributed by atoms with E-state index in [9.17, 15) is 13.5 Å². The number of aliphatic hydroxyl groups excluding tert-OH is 1. The molecular formula is C21H30N2O4S. The molecule has 2 aromatic rings. The van der Waals surface area contributed by atoms with Gasteiger partial charge in [-0.2, -0.15) is 0 Å². The standard InChI is InChI=1S/C21H30N2O4S/c1-4-17(3)27-23(28(25,26)19-12-10-16(2)11-13-19)15-21(24)20(22)14-18-8-6-5-7-9-18/h5-13,17,20-21,24H,4,14-15,22H2,1-3H3/t17?,20-,21+/m0/s1. The van der Waals surface area contributed by atoms with E-state index < -0.39 is 22.2 Å². The number of aryl methyl sites for hydroxylation is 1. The van der Waals surface area contributed by atoms with Gasteiger partial charge in [0, 0.05) is 6.04 Å². The van der Waals surface area contributed by atoms with E-state index in [1.165, 1.54) is 12.1 Å².